The monoisotopic (exact) mass is 407 g/mol. The summed E-state index contributed by atoms with van der Waals surface area (Å²) in [6, 6.07) is 12.2. The number of aromatic nitrogens is 4. The van der Waals surface area contributed by atoms with Crippen LogP contribution in [-0.4, -0.2) is 32.7 Å². The quantitative estimate of drug-likeness (QED) is 0.701. The van der Waals surface area contributed by atoms with Crippen molar-refractivity contribution < 1.29 is 9.53 Å². The van der Waals surface area contributed by atoms with E-state index in [0.717, 1.165) is 10.2 Å². The Bertz CT molecular complexity index is 840. The van der Waals surface area contributed by atoms with Gasteiger partial charge in [0.1, 0.15) is 12.1 Å². The molecule has 0 aliphatic rings. The van der Waals surface area contributed by atoms with Gasteiger partial charge in [0, 0.05) is 4.47 Å². The first-order valence-corrected chi connectivity index (χ1v) is 8.00. The summed E-state index contributed by atoms with van der Waals surface area (Å²) in [5, 5.41) is 14.1. The molecule has 0 fully saturated rings. The van der Waals surface area contributed by atoms with Crippen LogP contribution in [-0.2, 0) is 4.79 Å². The summed E-state index contributed by atoms with van der Waals surface area (Å²) in [6.45, 7) is -0.128. The molecule has 0 atom stereocenters. The molecule has 7 nitrogen and oxygen atoms in total. The molecule has 1 aromatic heterocycles. The molecule has 0 spiro atoms. The van der Waals surface area contributed by atoms with Gasteiger partial charge in [-0.2, -0.15) is 0 Å². The normalized spacial score (nSPS) is 10.4. The largest absolute Gasteiger partial charge is 0.484 e. The minimum atomic E-state index is -0.302. The van der Waals surface area contributed by atoms with Crippen LogP contribution in [0.4, 0.5) is 5.69 Å². The van der Waals surface area contributed by atoms with Crippen molar-refractivity contribution in [3.8, 4) is 11.4 Å². The first-order chi connectivity index (χ1) is 11.6. The average molecular weight is 409 g/mol. The third kappa shape index (κ3) is 4.09. The van der Waals surface area contributed by atoms with Crippen LogP contribution in [0.25, 0.3) is 5.69 Å². The van der Waals surface area contributed by atoms with Gasteiger partial charge >= 0.3 is 0 Å². The Morgan fingerprint density at radius 2 is 2.04 bits per heavy atom. The predicted octanol–water partition coefficient (Wildman–Crippen LogP) is 3.10. The Morgan fingerprint density at radius 3 is 2.71 bits per heavy atom. The molecule has 1 amide bonds. The number of nitrogens with one attached hydrogen (secondary N) is 1. The van der Waals surface area contributed by atoms with Gasteiger partial charge in [0.15, 0.2) is 6.61 Å². The number of carbonyl (C=O) groups excluding carboxylic acids is 1. The van der Waals surface area contributed by atoms with Crippen molar-refractivity contribution in [2.24, 2.45) is 0 Å². The number of amides is 1. The van der Waals surface area contributed by atoms with Crippen molar-refractivity contribution in [3.63, 3.8) is 0 Å². The van der Waals surface area contributed by atoms with Crippen LogP contribution in [0.5, 0.6) is 5.75 Å². The number of benzene rings is 2. The number of rotatable bonds is 5. The van der Waals surface area contributed by atoms with Crippen molar-refractivity contribution in [3.05, 3.63) is 58.3 Å². The van der Waals surface area contributed by atoms with E-state index in [-0.39, 0.29) is 12.5 Å². The maximum absolute atomic E-state index is 11.9. The van der Waals surface area contributed by atoms with Crippen LogP contribution in [0.3, 0.4) is 0 Å². The lowest BCUT2D eigenvalue weighted by molar-refractivity contribution is -0.118. The number of hydrogen-bond donors (Lipinski definition) is 1. The summed E-state index contributed by atoms with van der Waals surface area (Å²) in [7, 11) is 0. The Labute approximate surface area is 150 Å². The molecule has 24 heavy (non-hydrogen) atoms. The van der Waals surface area contributed by atoms with E-state index in [9.17, 15) is 4.79 Å². The molecule has 1 N–H and O–H groups in total. The summed E-state index contributed by atoms with van der Waals surface area (Å²) < 4.78 is 7.81. The summed E-state index contributed by atoms with van der Waals surface area (Å²) in [6.07, 6.45) is 1.49. The van der Waals surface area contributed by atoms with Crippen LogP contribution in [0.15, 0.2) is 53.3 Å². The summed E-state index contributed by atoms with van der Waals surface area (Å²) in [5.74, 6) is 0.257. The molecule has 0 radical (unpaired) electrons. The van der Waals surface area contributed by atoms with Gasteiger partial charge in [-0.25, -0.2) is 4.68 Å². The average Bonchev–Trinajstić information content (AvgIpc) is 3.11. The van der Waals surface area contributed by atoms with E-state index in [1.807, 2.05) is 0 Å². The molecule has 3 aromatic rings. The standard InChI is InChI=1S/C15H11BrClN5O2/c16-10-1-6-14(13(17)7-10)19-15(23)8-24-12-4-2-11(3-5-12)22-9-18-20-21-22/h1-7,9H,8H2,(H,19,23). The minimum Gasteiger partial charge on any atom is -0.484 e. The first-order valence-electron chi connectivity index (χ1n) is 6.83. The topological polar surface area (TPSA) is 81.9 Å². The number of carbonyl (C=O) groups is 1. The fraction of sp³-hybridized carbons (Fsp3) is 0.0667. The lowest BCUT2D eigenvalue weighted by atomic mass is 10.3. The number of nitrogens with zero attached hydrogens (tertiary/aromatic N) is 4. The third-order valence-corrected chi connectivity index (χ3v) is 3.83. The number of halogens is 2. The van der Waals surface area contributed by atoms with E-state index in [4.69, 9.17) is 16.3 Å². The van der Waals surface area contributed by atoms with E-state index >= 15 is 0 Å². The van der Waals surface area contributed by atoms with Crippen LogP contribution in [0.1, 0.15) is 0 Å². The zero-order chi connectivity index (χ0) is 16.9. The van der Waals surface area contributed by atoms with Crippen LogP contribution >= 0.6 is 27.5 Å². The Balaban J connectivity index is 1.56. The zero-order valence-corrected chi connectivity index (χ0v) is 14.5. The van der Waals surface area contributed by atoms with Gasteiger partial charge in [0.25, 0.3) is 5.91 Å². The lowest BCUT2D eigenvalue weighted by Gasteiger charge is -2.09. The van der Waals surface area contributed by atoms with E-state index in [0.29, 0.717) is 16.5 Å². The van der Waals surface area contributed by atoms with Gasteiger partial charge in [0.05, 0.1) is 16.4 Å². The molecule has 9 heteroatoms. The summed E-state index contributed by atoms with van der Waals surface area (Å²) in [4.78, 5) is 11.9. The molecule has 0 aliphatic carbocycles. The van der Waals surface area contributed by atoms with Crippen molar-refractivity contribution in [1.29, 1.82) is 0 Å². The molecule has 0 saturated heterocycles. The fourth-order valence-electron chi connectivity index (χ4n) is 1.90. The number of hydrogen-bond acceptors (Lipinski definition) is 5. The third-order valence-electron chi connectivity index (χ3n) is 3.03. The fourth-order valence-corrected chi connectivity index (χ4v) is 2.62. The van der Waals surface area contributed by atoms with Gasteiger partial charge in [-0.15, -0.1) is 5.10 Å². The van der Waals surface area contributed by atoms with Gasteiger partial charge in [-0.3, -0.25) is 4.79 Å². The molecule has 1 heterocycles. The zero-order valence-electron chi connectivity index (χ0n) is 12.2. The molecular weight excluding hydrogens is 398 g/mol. The van der Waals surface area contributed by atoms with Crippen molar-refractivity contribution >= 4 is 39.1 Å². The van der Waals surface area contributed by atoms with E-state index in [2.05, 4.69) is 36.8 Å². The number of tetrazole rings is 1. The maximum Gasteiger partial charge on any atom is 0.262 e. The van der Waals surface area contributed by atoms with Gasteiger partial charge in [-0.05, 0) is 52.9 Å². The predicted molar refractivity (Wildman–Crippen MR) is 92.4 cm³/mol. The maximum atomic E-state index is 11.9. The molecule has 0 saturated carbocycles. The van der Waals surface area contributed by atoms with Crippen molar-refractivity contribution in [2.45, 2.75) is 0 Å². The van der Waals surface area contributed by atoms with Crippen molar-refractivity contribution in [1.82, 2.24) is 20.2 Å². The second-order valence-electron chi connectivity index (χ2n) is 4.71. The second kappa shape index (κ2) is 7.41. The molecular formula is C15H11BrClN5O2. The minimum absolute atomic E-state index is 0.128. The first kappa shape index (κ1) is 16.4. The summed E-state index contributed by atoms with van der Waals surface area (Å²) in [5.41, 5.74) is 1.32. The molecule has 0 aliphatic heterocycles. The molecule has 0 bridgehead atoms. The molecule has 0 unspecified atom stereocenters. The van der Waals surface area contributed by atoms with Gasteiger partial charge in [-0.1, -0.05) is 27.5 Å². The van der Waals surface area contributed by atoms with Gasteiger partial charge in [0.2, 0.25) is 0 Å². The molecule has 122 valence electrons. The highest BCUT2D eigenvalue weighted by atomic mass is 79.9. The molecule has 3 rings (SSSR count). The van der Waals surface area contributed by atoms with E-state index in [1.165, 1.54) is 11.0 Å². The smallest absolute Gasteiger partial charge is 0.262 e. The Hall–Kier alpha value is -2.45. The van der Waals surface area contributed by atoms with Crippen LogP contribution in [0.2, 0.25) is 5.02 Å². The SMILES string of the molecule is O=C(COc1ccc(-n2cnnn2)cc1)Nc1ccc(Br)cc1Cl. The second-order valence-corrected chi connectivity index (χ2v) is 6.03. The lowest BCUT2D eigenvalue weighted by Crippen LogP contribution is -2.20. The van der Waals surface area contributed by atoms with E-state index in [1.54, 1.807) is 42.5 Å². The van der Waals surface area contributed by atoms with Crippen molar-refractivity contribution in [2.75, 3.05) is 11.9 Å². The van der Waals surface area contributed by atoms with Crippen LogP contribution < -0.4 is 10.1 Å². The molecule has 2 aromatic carbocycles. The number of ether oxygens (including phenoxy) is 1. The Kier molecular flexibility index (Phi) is 5.07. The highest BCUT2D eigenvalue weighted by molar-refractivity contribution is 9.10. The van der Waals surface area contributed by atoms with Gasteiger partial charge < -0.3 is 10.1 Å². The Morgan fingerprint density at radius 1 is 1.25 bits per heavy atom. The van der Waals surface area contributed by atoms with Crippen LogP contribution in [0, 0.1) is 0 Å². The summed E-state index contributed by atoms with van der Waals surface area (Å²) >= 11 is 9.36. The van der Waals surface area contributed by atoms with E-state index < -0.39 is 0 Å². The number of anilines is 1. The highest BCUT2D eigenvalue weighted by Gasteiger charge is 2.07. The highest BCUT2D eigenvalue weighted by Crippen LogP contribution is 2.25.